The molecular weight excluding hydrogens is 356 g/mol. The van der Waals surface area contributed by atoms with Crippen LogP contribution in [0, 0.1) is 13.8 Å². The summed E-state index contributed by atoms with van der Waals surface area (Å²) >= 11 is 1.69. The summed E-state index contributed by atoms with van der Waals surface area (Å²) in [6.45, 7) is 7.14. The van der Waals surface area contributed by atoms with Gasteiger partial charge in [0.2, 0.25) is 5.78 Å². The minimum Gasteiger partial charge on any atom is -0.355 e. The Hall–Kier alpha value is -2.50. The van der Waals surface area contributed by atoms with Gasteiger partial charge in [-0.1, -0.05) is 36.4 Å². The largest absolute Gasteiger partial charge is 0.355 e. The lowest BCUT2D eigenvalue weighted by Gasteiger charge is -2.19. The lowest BCUT2D eigenvalue weighted by atomic mass is 10.0. The fourth-order valence-corrected chi connectivity index (χ4v) is 4.46. The van der Waals surface area contributed by atoms with Crippen LogP contribution in [0.5, 0.6) is 0 Å². The van der Waals surface area contributed by atoms with E-state index in [-0.39, 0.29) is 23.7 Å². The van der Waals surface area contributed by atoms with Crippen LogP contribution in [-0.2, 0) is 0 Å². The van der Waals surface area contributed by atoms with Crippen LogP contribution < -0.4 is 5.32 Å². The first kappa shape index (κ1) is 19.3. The Morgan fingerprint density at radius 3 is 2.33 bits per heavy atom. The number of quaternary nitrogens is 1. The second-order valence-corrected chi connectivity index (χ2v) is 7.91. The summed E-state index contributed by atoms with van der Waals surface area (Å²) in [5.41, 5.74) is 3.84. The van der Waals surface area contributed by atoms with Gasteiger partial charge in [-0.2, -0.15) is 0 Å². The highest BCUT2D eigenvalue weighted by atomic mass is 32.1. The zero-order valence-electron chi connectivity index (χ0n) is 16.1. The molecule has 0 saturated heterocycles. The number of hydrogen-bond acceptors (Lipinski definition) is 3. The highest BCUT2D eigenvalue weighted by Gasteiger charge is 2.29. The Morgan fingerprint density at radius 2 is 1.78 bits per heavy atom. The van der Waals surface area contributed by atoms with Crippen molar-refractivity contribution >= 4 is 22.9 Å². The van der Waals surface area contributed by atoms with Crippen LogP contribution in [0.2, 0.25) is 0 Å². The van der Waals surface area contributed by atoms with E-state index in [1.165, 1.54) is 17.4 Å². The van der Waals surface area contributed by atoms with Crippen LogP contribution in [0.3, 0.4) is 0 Å². The number of rotatable bonds is 7. The number of aromatic amines is 1. The molecule has 2 atom stereocenters. The van der Waals surface area contributed by atoms with Gasteiger partial charge in [-0.25, -0.2) is 0 Å². The number of benzene rings is 1. The van der Waals surface area contributed by atoms with Crippen molar-refractivity contribution in [1.29, 1.82) is 0 Å². The van der Waals surface area contributed by atoms with Gasteiger partial charge in [0.05, 0.1) is 10.6 Å². The van der Waals surface area contributed by atoms with Gasteiger partial charge < -0.3 is 10.3 Å². The quantitative estimate of drug-likeness (QED) is 0.611. The molecule has 1 aromatic carbocycles. The van der Waals surface area contributed by atoms with Crippen molar-refractivity contribution in [3.8, 4) is 0 Å². The number of H-pyrrole nitrogens is 1. The fourth-order valence-electron chi connectivity index (χ4n) is 3.63. The number of aryl methyl sites for hydroxylation is 1. The molecule has 0 aliphatic rings. The predicted octanol–water partition coefficient (Wildman–Crippen LogP) is 3.82. The van der Waals surface area contributed by atoms with Crippen LogP contribution in [-0.4, -0.2) is 22.6 Å². The van der Waals surface area contributed by atoms with Crippen molar-refractivity contribution in [2.24, 2.45) is 0 Å². The summed E-state index contributed by atoms with van der Waals surface area (Å²) in [5.74, 6) is -0.00160. The molecular formula is C22H25N2O2S+. The Morgan fingerprint density at radius 1 is 1.07 bits per heavy atom. The van der Waals surface area contributed by atoms with Crippen molar-refractivity contribution in [2.75, 3.05) is 0 Å². The number of carbonyl (C=O) groups is 2. The van der Waals surface area contributed by atoms with Crippen molar-refractivity contribution in [1.82, 2.24) is 4.98 Å². The van der Waals surface area contributed by atoms with E-state index in [9.17, 15) is 9.59 Å². The highest BCUT2D eigenvalue weighted by Crippen LogP contribution is 2.23. The van der Waals surface area contributed by atoms with Gasteiger partial charge in [0.15, 0.2) is 5.78 Å². The molecule has 0 aliphatic carbocycles. The Bertz CT molecular complexity index is 942. The van der Waals surface area contributed by atoms with Crippen LogP contribution in [0.1, 0.15) is 62.4 Å². The SMILES string of the molecule is CC(=O)c1c(C)[nH]c(C(=O)[C@H](C)[NH2+][C@H](c2ccccc2)c2cccs2)c1C. The van der Waals surface area contributed by atoms with Gasteiger partial charge in [-0.15, -0.1) is 11.3 Å². The van der Waals surface area contributed by atoms with Crippen molar-refractivity contribution in [3.05, 3.63) is 80.8 Å². The third-order valence-corrected chi connectivity index (χ3v) is 5.89. The number of hydrogen-bond donors (Lipinski definition) is 2. The van der Waals surface area contributed by atoms with E-state index in [1.807, 2.05) is 45.0 Å². The van der Waals surface area contributed by atoms with Crippen LogP contribution in [0.4, 0.5) is 0 Å². The Labute approximate surface area is 163 Å². The average molecular weight is 382 g/mol. The molecule has 0 unspecified atom stereocenters. The summed E-state index contributed by atoms with van der Waals surface area (Å²) in [5, 5.41) is 4.16. The maximum atomic E-state index is 13.1. The Balaban J connectivity index is 1.88. The van der Waals surface area contributed by atoms with E-state index in [1.54, 1.807) is 11.3 Å². The molecule has 2 heterocycles. The second-order valence-electron chi connectivity index (χ2n) is 6.93. The van der Waals surface area contributed by atoms with Crippen LogP contribution in [0.25, 0.3) is 0 Å². The molecule has 4 nitrogen and oxygen atoms in total. The van der Waals surface area contributed by atoms with Crippen LogP contribution in [0.15, 0.2) is 47.8 Å². The lowest BCUT2D eigenvalue weighted by molar-refractivity contribution is -0.703. The second kappa shape index (κ2) is 8.03. The highest BCUT2D eigenvalue weighted by molar-refractivity contribution is 7.10. The fraction of sp³-hybridized carbons (Fsp3) is 0.273. The van der Waals surface area contributed by atoms with E-state index >= 15 is 0 Å². The molecule has 2 aromatic heterocycles. The number of nitrogens with one attached hydrogen (secondary N) is 1. The zero-order valence-corrected chi connectivity index (χ0v) is 16.9. The molecule has 0 bridgehead atoms. The van der Waals surface area contributed by atoms with Gasteiger partial charge in [0.25, 0.3) is 0 Å². The minimum atomic E-state index is -0.283. The third kappa shape index (κ3) is 3.94. The molecule has 3 rings (SSSR count). The number of thiophene rings is 1. The summed E-state index contributed by atoms with van der Waals surface area (Å²) in [6, 6.07) is 14.1. The van der Waals surface area contributed by atoms with Gasteiger partial charge in [-0.3, -0.25) is 9.59 Å². The van der Waals surface area contributed by atoms with Gasteiger partial charge in [0, 0.05) is 16.8 Å². The maximum absolute atomic E-state index is 13.1. The van der Waals surface area contributed by atoms with E-state index < -0.39 is 0 Å². The standard InChI is InChI=1S/C22H24N2O2S/c1-13-19(16(4)25)14(2)23-20(13)22(26)15(3)24-21(18-11-8-12-27-18)17-9-6-5-7-10-17/h5-12,15,21,23-24H,1-4H3/p+1/t15-,21+/m0/s1. The zero-order chi connectivity index (χ0) is 19.6. The molecule has 5 heteroatoms. The van der Waals surface area contributed by atoms with E-state index in [0.717, 1.165) is 11.3 Å². The topological polar surface area (TPSA) is 66.5 Å². The lowest BCUT2D eigenvalue weighted by Crippen LogP contribution is -2.92. The van der Waals surface area contributed by atoms with E-state index in [0.29, 0.717) is 11.3 Å². The van der Waals surface area contributed by atoms with E-state index in [2.05, 4.69) is 33.9 Å². The number of aromatic nitrogens is 1. The molecule has 0 spiro atoms. The monoisotopic (exact) mass is 381 g/mol. The number of carbonyl (C=O) groups excluding carboxylic acids is 2. The molecule has 0 fully saturated rings. The summed E-state index contributed by atoms with van der Waals surface area (Å²) in [7, 11) is 0. The van der Waals surface area contributed by atoms with Crippen LogP contribution >= 0.6 is 11.3 Å². The average Bonchev–Trinajstić information content (AvgIpc) is 3.27. The van der Waals surface area contributed by atoms with E-state index in [4.69, 9.17) is 0 Å². The van der Waals surface area contributed by atoms with Crippen molar-refractivity contribution in [3.63, 3.8) is 0 Å². The normalized spacial score (nSPS) is 13.3. The minimum absolute atomic E-state index is 0.0144. The molecule has 0 radical (unpaired) electrons. The first-order chi connectivity index (χ1) is 12.9. The predicted molar refractivity (Wildman–Crippen MR) is 109 cm³/mol. The summed E-state index contributed by atoms with van der Waals surface area (Å²) in [6.07, 6.45) is 0. The smallest absolute Gasteiger partial charge is 0.235 e. The molecule has 0 saturated carbocycles. The van der Waals surface area contributed by atoms with Crippen molar-refractivity contribution in [2.45, 2.75) is 39.8 Å². The number of nitrogens with two attached hydrogens (primary N) is 1. The van der Waals surface area contributed by atoms with Crippen molar-refractivity contribution < 1.29 is 14.9 Å². The molecule has 0 amide bonds. The number of ketones is 2. The summed E-state index contributed by atoms with van der Waals surface area (Å²) in [4.78, 5) is 29.3. The molecule has 3 aromatic rings. The molecule has 27 heavy (non-hydrogen) atoms. The van der Waals surface area contributed by atoms with Gasteiger partial charge in [0.1, 0.15) is 12.1 Å². The van der Waals surface area contributed by atoms with Gasteiger partial charge in [-0.05, 0) is 44.7 Å². The maximum Gasteiger partial charge on any atom is 0.235 e. The number of Topliss-reactive ketones (excluding diaryl/α,β-unsaturated/α-hetero) is 2. The summed E-state index contributed by atoms with van der Waals surface area (Å²) < 4.78 is 0. The Kier molecular flexibility index (Phi) is 5.73. The molecule has 140 valence electrons. The first-order valence-corrected chi connectivity index (χ1v) is 9.95. The van der Waals surface area contributed by atoms with Gasteiger partial charge >= 0.3 is 0 Å². The first-order valence-electron chi connectivity index (χ1n) is 9.07. The third-order valence-electron chi connectivity index (χ3n) is 4.94. The molecule has 3 N–H and O–H groups in total. The molecule has 0 aliphatic heterocycles.